The standard InChI is InChI=1S/C25H20F3N3OS/c1-3-18(27)19(28)11-14(2)12-22(32)30-25-24(21-5-4-10-33-21)31-23-17-8-7-16(26)13-15(17)6-9-20(23)29-25/h3-5,7-8,10-11,13H,2,6,9,12H2,1H3,(H,29,30,32)/b18-3+,19-11+. The van der Waals surface area contributed by atoms with Gasteiger partial charge in [0.25, 0.3) is 0 Å². The Kier molecular flexibility index (Phi) is 6.55. The topological polar surface area (TPSA) is 54.9 Å². The second-order valence-corrected chi connectivity index (χ2v) is 8.45. The number of aryl methyl sites for hydroxylation is 2. The van der Waals surface area contributed by atoms with Gasteiger partial charge >= 0.3 is 0 Å². The van der Waals surface area contributed by atoms with E-state index in [2.05, 4.69) is 16.9 Å². The van der Waals surface area contributed by atoms with Crippen LogP contribution in [0.25, 0.3) is 21.8 Å². The summed E-state index contributed by atoms with van der Waals surface area (Å²) >= 11 is 1.44. The molecule has 3 aromatic rings. The average Bonchev–Trinajstić information content (AvgIpc) is 3.32. The van der Waals surface area contributed by atoms with Gasteiger partial charge in [-0.1, -0.05) is 12.6 Å². The summed E-state index contributed by atoms with van der Waals surface area (Å²) in [5.74, 6) is -2.60. The van der Waals surface area contributed by atoms with E-state index in [-0.39, 0.29) is 23.6 Å². The molecular formula is C25H20F3N3OS. The molecule has 0 spiro atoms. The van der Waals surface area contributed by atoms with E-state index in [4.69, 9.17) is 4.98 Å². The van der Waals surface area contributed by atoms with Crippen LogP contribution in [0.15, 0.2) is 71.7 Å². The first-order chi connectivity index (χ1) is 15.9. The monoisotopic (exact) mass is 467 g/mol. The lowest BCUT2D eigenvalue weighted by Crippen LogP contribution is -2.17. The Bertz CT molecular complexity index is 1300. The van der Waals surface area contributed by atoms with Gasteiger partial charge in [-0.2, -0.15) is 0 Å². The number of nitrogens with one attached hydrogen (secondary N) is 1. The summed E-state index contributed by atoms with van der Waals surface area (Å²) < 4.78 is 40.7. The molecule has 2 heterocycles. The van der Waals surface area contributed by atoms with Crippen LogP contribution in [0.5, 0.6) is 0 Å². The van der Waals surface area contributed by atoms with Crippen molar-refractivity contribution in [2.24, 2.45) is 0 Å². The van der Waals surface area contributed by atoms with Crippen molar-refractivity contribution in [2.75, 3.05) is 5.32 Å². The van der Waals surface area contributed by atoms with Crippen molar-refractivity contribution >= 4 is 23.1 Å². The SMILES string of the molecule is C=C(/C=C(F)\C(F)=C/C)CC(=O)Nc1nc2c(nc1-c1cccs1)-c1ccc(F)cc1CC2. The number of halogens is 3. The van der Waals surface area contributed by atoms with Gasteiger partial charge < -0.3 is 5.32 Å². The number of benzene rings is 1. The minimum absolute atomic E-state index is 0.113. The largest absolute Gasteiger partial charge is 0.309 e. The number of nitrogens with zero attached hydrogens (tertiary/aromatic N) is 2. The Labute approximate surface area is 193 Å². The smallest absolute Gasteiger partial charge is 0.229 e. The molecular weight excluding hydrogens is 447 g/mol. The third-order valence-corrected chi connectivity index (χ3v) is 6.01. The molecule has 1 amide bonds. The van der Waals surface area contributed by atoms with Crippen molar-refractivity contribution < 1.29 is 18.0 Å². The number of allylic oxidation sites excluding steroid dienone is 4. The van der Waals surface area contributed by atoms with Crippen LogP contribution in [-0.4, -0.2) is 15.9 Å². The van der Waals surface area contributed by atoms with Crippen molar-refractivity contribution in [3.05, 3.63) is 88.7 Å². The van der Waals surface area contributed by atoms with Crippen molar-refractivity contribution in [3.63, 3.8) is 0 Å². The first kappa shape index (κ1) is 22.7. The number of hydrogen-bond donors (Lipinski definition) is 1. The Hall–Kier alpha value is -3.52. The molecule has 8 heteroatoms. The third kappa shape index (κ3) is 4.96. The molecule has 4 rings (SSSR count). The number of carbonyl (C=O) groups excluding carboxylic acids is 1. The fourth-order valence-corrected chi connectivity index (χ4v) is 4.32. The summed E-state index contributed by atoms with van der Waals surface area (Å²) in [6, 6.07) is 8.33. The Morgan fingerprint density at radius 1 is 1.18 bits per heavy atom. The van der Waals surface area contributed by atoms with Crippen molar-refractivity contribution in [1.82, 2.24) is 9.97 Å². The molecule has 1 aliphatic carbocycles. The van der Waals surface area contributed by atoms with Gasteiger partial charge in [0.05, 0.1) is 22.7 Å². The minimum Gasteiger partial charge on any atom is -0.309 e. The number of fused-ring (bicyclic) bond motifs is 3. The third-order valence-electron chi connectivity index (χ3n) is 5.13. The van der Waals surface area contributed by atoms with Crippen molar-refractivity contribution in [2.45, 2.75) is 26.2 Å². The molecule has 0 bridgehead atoms. The Morgan fingerprint density at radius 3 is 2.73 bits per heavy atom. The molecule has 0 atom stereocenters. The summed E-state index contributed by atoms with van der Waals surface area (Å²) in [6.45, 7) is 5.00. The molecule has 1 N–H and O–H groups in total. The highest BCUT2D eigenvalue weighted by Gasteiger charge is 2.24. The van der Waals surface area contributed by atoms with Crippen LogP contribution >= 0.6 is 11.3 Å². The zero-order chi connectivity index (χ0) is 23.5. The van der Waals surface area contributed by atoms with Crippen molar-refractivity contribution in [1.29, 1.82) is 0 Å². The molecule has 0 unspecified atom stereocenters. The fourth-order valence-electron chi connectivity index (χ4n) is 3.61. The summed E-state index contributed by atoms with van der Waals surface area (Å²) in [4.78, 5) is 22.9. The maximum Gasteiger partial charge on any atom is 0.229 e. The maximum atomic E-state index is 13.7. The van der Waals surface area contributed by atoms with Crippen LogP contribution in [0.4, 0.5) is 19.0 Å². The van der Waals surface area contributed by atoms with E-state index in [0.29, 0.717) is 29.9 Å². The lowest BCUT2D eigenvalue weighted by molar-refractivity contribution is -0.115. The van der Waals surface area contributed by atoms with Crippen LogP contribution in [0.2, 0.25) is 0 Å². The van der Waals surface area contributed by atoms with E-state index >= 15 is 0 Å². The van der Waals surface area contributed by atoms with Crippen LogP contribution in [0.1, 0.15) is 24.6 Å². The highest BCUT2D eigenvalue weighted by atomic mass is 32.1. The first-order valence-corrected chi connectivity index (χ1v) is 11.1. The number of amides is 1. The van der Waals surface area contributed by atoms with E-state index in [9.17, 15) is 18.0 Å². The van der Waals surface area contributed by atoms with Gasteiger partial charge in [-0.05, 0) is 72.7 Å². The predicted molar refractivity (Wildman–Crippen MR) is 125 cm³/mol. The van der Waals surface area contributed by atoms with Crippen LogP contribution in [0, 0.1) is 5.82 Å². The highest BCUT2D eigenvalue weighted by molar-refractivity contribution is 7.13. The number of hydrogen-bond acceptors (Lipinski definition) is 4. The lowest BCUT2D eigenvalue weighted by Gasteiger charge is -2.20. The fraction of sp³-hybridized carbons (Fsp3) is 0.160. The average molecular weight is 468 g/mol. The Balaban J connectivity index is 1.66. The molecule has 2 aromatic heterocycles. The second kappa shape index (κ2) is 9.54. The molecule has 1 aromatic carbocycles. The van der Waals surface area contributed by atoms with Crippen LogP contribution < -0.4 is 5.32 Å². The predicted octanol–water partition coefficient (Wildman–Crippen LogP) is 6.72. The normalized spacial score (nSPS) is 13.3. The molecule has 33 heavy (non-hydrogen) atoms. The number of thiophene rings is 1. The number of carbonyl (C=O) groups is 1. The van der Waals surface area contributed by atoms with Gasteiger partial charge in [-0.15, -0.1) is 11.3 Å². The molecule has 168 valence electrons. The molecule has 0 fully saturated rings. The quantitative estimate of drug-likeness (QED) is 0.410. The first-order valence-electron chi connectivity index (χ1n) is 10.3. The van der Waals surface area contributed by atoms with E-state index in [1.54, 1.807) is 6.07 Å². The van der Waals surface area contributed by atoms with Gasteiger partial charge in [-0.3, -0.25) is 4.79 Å². The van der Waals surface area contributed by atoms with Crippen LogP contribution in [0.3, 0.4) is 0 Å². The number of rotatable bonds is 6. The molecule has 0 radical (unpaired) electrons. The summed E-state index contributed by atoms with van der Waals surface area (Å²) in [5.41, 5.74) is 3.65. The zero-order valence-electron chi connectivity index (χ0n) is 17.8. The van der Waals surface area contributed by atoms with Gasteiger partial charge in [0, 0.05) is 5.56 Å². The molecule has 0 aliphatic heterocycles. The van der Waals surface area contributed by atoms with Crippen molar-refractivity contribution in [3.8, 4) is 21.8 Å². The zero-order valence-corrected chi connectivity index (χ0v) is 18.6. The van der Waals surface area contributed by atoms with Gasteiger partial charge in [-0.25, -0.2) is 23.1 Å². The van der Waals surface area contributed by atoms with Gasteiger partial charge in [0.1, 0.15) is 11.5 Å². The summed E-state index contributed by atoms with van der Waals surface area (Å²) in [6.07, 6.45) is 2.80. The second-order valence-electron chi connectivity index (χ2n) is 7.51. The summed E-state index contributed by atoms with van der Waals surface area (Å²) in [7, 11) is 0. The highest BCUT2D eigenvalue weighted by Crippen LogP contribution is 2.37. The van der Waals surface area contributed by atoms with Gasteiger partial charge in [0.15, 0.2) is 17.5 Å². The number of anilines is 1. The maximum absolute atomic E-state index is 13.7. The van der Waals surface area contributed by atoms with E-state index < -0.39 is 17.6 Å². The van der Waals surface area contributed by atoms with Gasteiger partial charge in [0.2, 0.25) is 5.91 Å². The Morgan fingerprint density at radius 2 is 2.00 bits per heavy atom. The molecule has 4 nitrogen and oxygen atoms in total. The molecule has 0 saturated carbocycles. The van der Waals surface area contributed by atoms with E-state index in [0.717, 1.165) is 28.2 Å². The van der Waals surface area contributed by atoms with Crippen LogP contribution in [-0.2, 0) is 17.6 Å². The van der Waals surface area contributed by atoms with E-state index in [1.165, 1.54) is 30.4 Å². The molecule has 0 saturated heterocycles. The number of aromatic nitrogens is 2. The van der Waals surface area contributed by atoms with E-state index in [1.807, 2.05) is 17.5 Å². The minimum atomic E-state index is -1.08. The molecule has 1 aliphatic rings. The summed E-state index contributed by atoms with van der Waals surface area (Å²) in [5, 5.41) is 4.63. The lowest BCUT2D eigenvalue weighted by atomic mass is 9.91.